The molecule has 0 radical (unpaired) electrons. The molecule has 0 aromatic heterocycles. The van der Waals surface area contributed by atoms with Crippen LogP contribution in [0.2, 0.25) is 0 Å². The quantitative estimate of drug-likeness (QED) is 0.231. The van der Waals surface area contributed by atoms with Gasteiger partial charge in [0.05, 0.1) is 0 Å². The SMILES string of the molecule is CCCCCCCCCCCCCCCCC([SiH3])S. The van der Waals surface area contributed by atoms with Crippen molar-refractivity contribution in [3.05, 3.63) is 0 Å². The lowest BCUT2D eigenvalue weighted by atomic mass is 10.0. The lowest BCUT2D eigenvalue weighted by Gasteiger charge is -2.04. The summed E-state index contributed by atoms with van der Waals surface area (Å²) in [6, 6.07) is 0. The third kappa shape index (κ3) is 18.6. The van der Waals surface area contributed by atoms with Crippen LogP contribution in [-0.2, 0) is 0 Å². The third-order valence-corrected chi connectivity index (χ3v) is 4.81. The summed E-state index contributed by atoms with van der Waals surface area (Å²) in [5, 5.41) is 0. The van der Waals surface area contributed by atoms with Crippen LogP contribution in [0.1, 0.15) is 103 Å². The van der Waals surface area contributed by atoms with Gasteiger partial charge in [0.25, 0.3) is 0 Å². The molecule has 1 atom stereocenters. The molecule has 2 heteroatoms. The maximum atomic E-state index is 4.48. The molecule has 1 unspecified atom stereocenters. The van der Waals surface area contributed by atoms with Crippen LogP contribution in [0.5, 0.6) is 0 Å². The molecule has 0 saturated carbocycles. The van der Waals surface area contributed by atoms with Crippen LogP contribution in [0.3, 0.4) is 0 Å². The van der Waals surface area contributed by atoms with Gasteiger partial charge in [0.1, 0.15) is 0 Å². The van der Waals surface area contributed by atoms with Crippen molar-refractivity contribution in [1.82, 2.24) is 0 Å². The maximum absolute atomic E-state index is 4.48. The molecule has 0 aromatic carbocycles. The molecule has 0 nitrogen and oxygen atoms in total. The summed E-state index contributed by atoms with van der Waals surface area (Å²) in [6.45, 7) is 2.29. The highest BCUT2D eigenvalue weighted by Crippen LogP contribution is 2.13. The Morgan fingerprint density at radius 3 is 1.26 bits per heavy atom. The van der Waals surface area contributed by atoms with Gasteiger partial charge in [0.15, 0.2) is 0 Å². The Morgan fingerprint density at radius 1 is 0.632 bits per heavy atom. The number of hydrogen-bond donors (Lipinski definition) is 1. The van der Waals surface area contributed by atoms with E-state index in [4.69, 9.17) is 0 Å². The van der Waals surface area contributed by atoms with Gasteiger partial charge in [-0.05, 0) is 11.3 Å². The lowest BCUT2D eigenvalue weighted by molar-refractivity contribution is 0.534. The van der Waals surface area contributed by atoms with Gasteiger partial charge in [0.2, 0.25) is 0 Å². The summed E-state index contributed by atoms with van der Waals surface area (Å²) in [5.41, 5.74) is 0. The van der Waals surface area contributed by atoms with Gasteiger partial charge in [0, 0.05) is 10.2 Å². The molecule has 0 spiro atoms. The van der Waals surface area contributed by atoms with Gasteiger partial charge in [-0.1, -0.05) is 96.8 Å². The van der Waals surface area contributed by atoms with Crippen LogP contribution in [0.15, 0.2) is 0 Å². The Balaban J connectivity index is 2.91. The predicted molar refractivity (Wildman–Crippen MR) is 97.6 cm³/mol. The van der Waals surface area contributed by atoms with Crippen molar-refractivity contribution in [3.63, 3.8) is 0 Å². The molecular weight excluding hydrogens is 264 g/mol. The van der Waals surface area contributed by atoms with Crippen molar-refractivity contribution in [2.75, 3.05) is 0 Å². The third-order valence-electron chi connectivity index (χ3n) is 3.98. The summed E-state index contributed by atoms with van der Waals surface area (Å²) >= 11 is 4.48. The molecule has 0 rings (SSSR count). The van der Waals surface area contributed by atoms with Gasteiger partial charge in [-0.2, -0.15) is 12.6 Å². The Kier molecular flexibility index (Phi) is 17.1. The first-order chi connectivity index (χ1) is 9.27. The number of unbranched alkanes of at least 4 members (excludes halogenated alkanes) is 13. The highest BCUT2D eigenvalue weighted by atomic mass is 32.1. The lowest BCUT2D eigenvalue weighted by Crippen LogP contribution is -1.95. The molecule has 0 aliphatic rings. The second-order valence-electron chi connectivity index (χ2n) is 6.23. The van der Waals surface area contributed by atoms with Gasteiger partial charge in [-0.3, -0.25) is 0 Å². The van der Waals surface area contributed by atoms with Gasteiger partial charge >= 0.3 is 0 Å². The van der Waals surface area contributed by atoms with E-state index >= 15 is 0 Å². The van der Waals surface area contributed by atoms with E-state index in [0.29, 0.717) is 0 Å². The fourth-order valence-electron chi connectivity index (χ4n) is 2.63. The van der Waals surface area contributed by atoms with Gasteiger partial charge in [-0.25, -0.2) is 0 Å². The van der Waals surface area contributed by atoms with Crippen molar-refractivity contribution in [2.24, 2.45) is 0 Å². The molecule has 19 heavy (non-hydrogen) atoms. The molecule has 116 valence electrons. The molecule has 0 aromatic rings. The number of thiol groups is 1. The Hall–Kier alpha value is 0.567. The Bertz CT molecular complexity index is 159. The normalized spacial score (nSPS) is 12.9. The maximum Gasteiger partial charge on any atom is 0.0189 e. The van der Waals surface area contributed by atoms with Crippen LogP contribution < -0.4 is 0 Å². The molecule has 0 aliphatic heterocycles. The molecule has 0 fully saturated rings. The Morgan fingerprint density at radius 2 is 0.947 bits per heavy atom. The minimum Gasteiger partial charge on any atom is -0.180 e. The van der Waals surface area contributed by atoms with Crippen molar-refractivity contribution >= 4 is 22.9 Å². The number of hydrogen-bond acceptors (Lipinski definition) is 1. The highest BCUT2D eigenvalue weighted by molar-refractivity contribution is 7.82. The first kappa shape index (κ1) is 19.6. The first-order valence-electron chi connectivity index (χ1n) is 8.95. The zero-order valence-electron chi connectivity index (χ0n) is 13.6. The zero-order chi connectivity index (χ0) is 14.2. The van der Waals surface area contributed by atoms with E-state index in [2.05, 4.69) is 19.6 Å². The fraction of sp³-hybridized carbons (Fsp3) is 1.00. The van der Waals surface area contributed by atoms with Crippen LogP contribution in [-0.4, -0.2) is 15.1 Å². The average molecular weight is 303 g/mol. The monoisotopic (exact) mass is 302 g/mol. The molecular formula is C17H38SSi. The van der Waals surface area contributed by atoms with Crippen LogP contribution >= 0.6 is 12.6 Å². The fourth-order valence-corrected chi connectivity index (χ4v) is 3.23. The van der Waals surface area contributed by atoms with Crippen LogP contribution in [0.25, 0.3) is 0 Å². The minimum atomic E-state index is 0.734. The minimum absolute atomic E-state index is 0.734. The summed E-state index contributed by atoms with van der Waals surface area (Å²) in [7, 11) is 1.25. The van der Waals surface area contributed by atoms with Crippen molar-refractivity contribution in [3.8, 4) is 0 Å². The average Bonchev–Trinajstić information content (AvgIpc) is 2.39. The van der Waals surface area contributed by atoms with Crippen LogP contribution in [0.4, 0.5) is 0 Å². The standard InChI is InChI=1S/C17H38SSi/c1-2-3-4-5-6-7-8-9-10-11-12-13-14-15-16-17(18)19/h17-18H,2-16H2,1,19H3. The van der Waals surface area contributed by atoms with Crippen molar-refractivity contribution in [2.45, 2.75) is 108 Å². The van der Waals surface area contributed by atoms with Crippen molar-refractivity contribution in [1.29, 1.82) is 0 Å². The smallest absolute Gasteiger partial charge is 0.0189 e. The summed E-state index contributed by atoms with van der Waals surface area (Å²) in [6.07, 6.45) is 21.7. The summed E-state index contributed by atoms with van der Waals surface area (Å²) in [5.74, 6) is 0. The second kappa shape index (κ2) is 16.6. The van der Waals surface area contributed by atoms with Crippen LogP contribution in [0, 0.1) is 0 Å². The van der Waals surface area contributed by atoms with E-state index in [1.54, 1.807) is 0 Å². The zero-order valence-corrected chi connectivity index (χ0v) is 16.5. The number of rotatable bonds is 15. The van der Waals surface area contributed by atoms with E-state index < -0.39 is 0 Å². The van der Waals surface area contributed by atoms with Crippen molar-refractivity contribution < 1.29 is 0 Å². The molecule has 0 N–H and O–H groups in total. The van der Waals surface area contributed by atoms with Gasteiger partial charge < -0.3 is 0 Å². The second-order valence-corrected chi connectivity index (χ2v) is 9.48. The van der Waals surface area contributed by atoms with Gasteiger partial charge in [-0.15, -0.1) is 0 Å². The first-order valence-corrected chi connectivity index (χ1v) is 10.6. The van der Waals surface area contributed by atoms with E-state index in [1.807, 2.05) is 0 Å². The van der Waals surface area contributed by atoms with E-state index in [-0.39, 0.29) is 0 Å². The Labute approximate surface area is 131 Å². The molecule has 0 saturated heterocycles. The van der Waals surface area contributed by atoms with E-state index in [9.17, 15) is 0 Å². The predicted octanol–water partition coefficient (Wildman–Crippen LogP) is 5.48. The largest absolute Gasteiger partial charge is 0.180 e. The summed E-state index contributed by atoms with van der Waals surface area (Å²) < 4.78 is 0. The molecule has 0 bridgehead atoms. The van der Waals surface area contributed by atoms with E-state index in [1.165, 1.54) is 107 Å². The topological polar surface area (TPSA) is 0 Å². The molecule has 0 amide bonds. The highest BCUT2D eigenvalue weighted by Gasteiger charge is 1.96. The summed E-state index contributed by atoms with van der Waals surface area (Å²) in [4.78, 5) is 0.734. The molecule has 0 heterocycles. The van der Waals surface area contributed by atoms with E-state index in [0.717, 1.165) is 4.87 Å². The molecule has 0 aliphatic carbocycles.